The van der Waals surface area contributed by atoms with Gasteiger partial charge in [-0.05, 0) is 48.5 Å². The maximum atomic E-state index is 12.1. The molecule has 0 saturated carbocycles. The second kappa shape index (κ2) is 7.14. The molecule has 1 atom stereocenters. The molecule has 0 radical (unpaired) electrons. The average Bonchev–Trinajstić information content (AvgIpc) is 3.13. The highest BCUT2D eigenvalue weighted by molar-refractivity contribution is 6.30. The number of furan rings is 1. The average molecular weight is 382 g/mol. The summed E-state index contributed by atoms with van der Waals surface area (Å²) in [6.07, 6.45) is 2.81. The summed E-state index contributed by atoms with van der Waals surface area (Å²) >= 11 is 5.91. The van der Waals surface area contributed by atoms with Crippen molar-refractivity contribution in [2.45, 2.75) is 6.17 Å². The third-order valence-electron chi connectivity index (χ3n) is 4.10. The van der Waals surface area contributed by atoms with Gasteiger partial charge in [-0.3, -0.25) is 0 Å². The van der Waals surface area contributed by atoms with Gasteiger partial charge in [0.15, 0.2) is 0 Å². The van der Waals surface area contributed by atoms with Gasteiger partial charge in [-0.2, -0.15) is 0 Å². The second-order valence-electron chi connectivity index (χ2n) is 5.91. The van der Waals surface area contributed by atoms with Crippen LogP contribution in [0.3, 0.4) is 0 Å². The van der Waals surface area contributed by atoms with Crippen LogP contribution < -0.4 is 21.3 Å². The number of amides is 2. The Kier molecular flexibility index (Phi) is 4.53. The Bertz CT molecular complexity index is 999. The number of rotatable bonds is 3. The predicted molar refractivity (Wildman–Crippen MR) is 107 cm³/mol. The van der Waals surface area contributed by atoms with Gasteiger partial charge in [-0.1, -0.05) is 17.7 Å². The van der Waals surface area contributed by atoms with E-state index in [2.05, 4.69) is 15.6 Å². The first kappa shape index (κ1) is 17.1. The van der Waals surface area contributed by atoms with Gasteiger partial charge < -0.3 is 25.7 Å². The molecule has 4 N–H and O–H groups in total. The van der Waals surface area contributed by atoms with E-state index in [-0.39, 0.29) is 12.2 Å². The van der Waals surface area contributed by atoms with E-state index in [1.165, 1.54) is 0 Å². The van der Waals surface area contributed by atoms with Crippen LogP contribution >= 0.6 is 11.6 Å². The summed E-state index contributed by atoms with van der Waals surface area (Å²) < 4.78 is 5.26. The molecule has 1 aliphatic heterocycles. The number of halogens is 1. The first-order valence-corrected chi connectivity index (χ1v) is 8.57. The van der Waals surface area contributed by atoms with Gasteiger partial charge in [0, 0.05) is 22.1 Å². The van der Waals surface area contributed by atoms with Crippen LogP contribution in [0.4, 0.5) is 27.7 Å². The van der Waals surface area contributed by atoms with E-state index in [0.29, 0.717) is 22.3 Å². The Morgan fingerprint density at radius 2 is 1.89 bits per heavy atom. The van der Waals surface area contributed by atoms with Crippen molar-refractivity contribution in [1.29, 1.82) is 0 Å². The van der Waals surface area contributed by atoms with E-state index < -0.39 is 0 Å². The lowest BCUT2D eigenvalue weighted by Gasteiger charge is -2.29. The molecule has 3 aromatic rings. The summed E-state index contributed by atoms with van der Waals surface area (Å²) in [4.78, 5) is 18.2. The summed E-state index contributed by atoms with van der Waals surface area (Å²) in [7, 11) is 0. The molecule has 8 heteroatoms. The molecule has 1 aromatic heterocycles. The summed E-state index contributed by atoms with van der Waals surface area (Å²) in [5.41, 5.74) is 9.19. The lowest BCUT2D eigenvalue weighted by Crippen LogP contribution is -2.35. The van der Waals surface area contributed by atoms with Crippen molar-refractivity contribution in [3.05, 3.63) is 71.4 Å². The maximum Gasteiger partial charge on any atom is 0.323 e. The van der Waals surface area contributed by atoms with E-state index in [1.54, 1.807) is 55.1 Å². The van der Waals surface area contributed by atoms with Crippen LogP contribution in [0.5, 0.6) is 0 Å². The summed E-state index contributed by atoms with van der Waals surface area (Å²) in [6.45, 7) is 0. The lowest BCUT2D eigenvalue weighted by atomic mass is 10.2. The van der Waals surface area contributed by atoms with Gasteiger partial charge in [-0.25, -0.2) is 9.79 Å². The molecule has 2 amide bonds. The summed E-state index contributed by atoms with van der Waals surface area (Å²) in [5, 5.41) is 6.05. The van der Waals surface area contributed by atoms with Gasteiger partial charge in [-0.15, -0.1) is 0 Å². The SMILES string of the molecule is NC1c2ccoc2N=CN1c1ccc(NC(=O)Nc2cccc(Cl)c2)cc1. The van der Waals surface area contributed by atoms with Crippen LogP contribution in [0, 0.1) is 0 Å². The normalized spacial score (nSPS) is 15.3. The first-order valence-electron chi connectivity index (χ1n) is 8.19. The number of aliphatic imine (C=N–C) groups is 1. The van der Waals surface area contributed by atoms with E-state index in [4.69, 9.17) is 21.8 Å². The molecule has 1 aliphatic rings. The highest BCUT2D eigenvalue weighted by atomic mass is 35.5. The van der Waals surface area contributed by atoms with Gasteiger partial charge >= 0.3 is 6.03 Å². The summed E-state index contributed by atoms with van der Waals surface area (Å²) in [5.74, 6) is 0.523. The highest BCUT2D eigenvalue weighted by Gasteiger charge is 2.24. The van der Waals surface area contributed by atoms with Crippen molar-refractivity contribution < 1.29 is 9.21 Å². The largest absolute Gasteiger partial charge is 0.446 e. The van der Waals surface area contributed by atoms with Crippen molar-refractivity contribution in [3.63, 3.8) is 0 Å². The van der Waals surface area contributed by atoms with Crippen LogP contribution in [0.15, 0.2) is 70.3 Å². The standard InChI is InChI=1S/C19H16ClN5O2/c20-12-2-1-3-14(10-12)24-19(26)23-13-4-6-15(7-5-13)25-11-22-18-16(17(25)21)8-9-27-18/h1-11,17H,21H2,(H2,23,24,26). The van der Waals surface area contributed by atoms with Crippen LogP contribution in [0.1, 0.15) is 11.7 Å². The Morgan fingerprint density at radius 3 is 2.67 bits per heavy atom. The van der Waals surface area contributed by atoms with Gasteiger partial charge in [0.2, 0.25) is 5.88 Å². The minimum atomic E-state index is -0.388. The fourth-order valence-electron chi connectivity index (χ4n) is 2.78. The van der Waals surface area contributed by atoms with E-state index in [0.717, 1.165) is 11.3 Å². The Balaban J connectivity index is 1.43. The number of anilines is 3. The van der Waals surface area contributed by atoms with Crippen LogP contribution in [0.2, 0.25) is 5.02 Å². The predicted octanol–water partition coefficient (Wildman–Crippen LogP) is 4.71. The molecule has 0 spiro atoms. The zero-order valence-electron chi connectivity index (χ0n) is 14.1. The third-order valence-corrected chi connectivity index (χ3v) is 4.33. The zero-order valence-corrected chi connectivity index (χ0v) is 14.9. The molecule has 2 heterocycles. The van der Waals surface area contributed by atoms with Crippen molar-refractivity contribution in [2.24, 2.45) is 10.7 Å². The zero-order chi connectivity index (χ0) is 18.8. The smallest absolute Gasteiger partial charge is 0.323 e. The van der Waals surface area contributed by atoms with Crippen LogP contribution in [-0.2, 0) is 0 Å². The molecule has 0 aliphatic carbocycles. The number of carbonyl (C=O) groups is 1. The van der Waals surface area contributed by atoms with Crippen molar-refractivity contribution >= 4 is 46.9 Å². The fourth-order valence-corrected chi connectivity index (χ4v) is 2.97. The Hall–Kier alpha value is -3.29. The topological polar surface area (TPSA) is 95.9 Å². The number of fused-ring (bicyclic) bond motifs is 1. The molecule has 1 unspecified atom stereocenters. The minimum Gasteiger partial charge on any atom is -0.446 e. The van der Waals surface area contributed by atoms with E-state index in [1.807, 2.05) is 17.0 Å². The van der Waals surface area contributed by atoms with Crippen molar-refractivity contribution in [1.82, 2.24) is 0 Å². The molecule has 4 rings (SSSR count). The molecule has 136 valence electrons. The lowest BCUT2D eigenvalue weighted by molar-refractivity contribution is 0.262. The van der Waals surface area contributed by atoms with Crippen LogP contribution in [0.25, 0.3) is 0 Å². The second-order valence-corrected chi connectivity index (χ2v) is 6.35. The van der Waals surface area contributed by atoms with Crippen molar-refractivity contribution in [3.8, 4) is 0 Å². The molecule has 2 aromatic carbocycles. The first-order chi connectivity index (χ1) is 13.1. The molecule has 7 nitrogen and oxygen atoms in total. The molecular weight excluding hydrogens is 366 g/mol. The summed E-state index contributed by atoms with van der Waals surface area (Å²) in [6, 6.07) is 15.7. The number of hydrogen-bond acceptors (Lipinski definition) is 5. The number of nitrogens with one attached hydrogen (secondary N) is 2. The Morgan fingerprint density at radius 1 is 1.11 bits per heavy atom. The number of carbonyl (C=O) groups excluding carboxylic acids is 1. The number of hydrogen-bond donors (Lipinski definition) is 3. The number of benzene rings is 2. The number of nitrogens with two attached hydrogens (primary N) is 1. The minimum absolute atomic E-state index is 0.357. The van der Waals surface area contributed by atoms with Gasteiger partial charge in [0.25, 0.3) is 0 Å². The molecule has 0 fully saturated rings. The quantitative estimate of drug-likeness (QED) is 0.611. The van der Waals surface area contributed by atoms with Crippen LogP contribution in [-0.4, -0.2) is 12.4 Å². The maximum absolute atomic E-state index is 12.1. The molecule has 0 saturated heterocycles. The highest BCUT2D eigenvalue weighted by Crippen LogP contribution is 2.33. The number of urea groups is 1. The van der Waals surface area contributed by atoms with Crippen molar-refractivity contribution in [2.75, 3.05) is 15.5 Å². The monoisotopic (exact) mass is 381 g/mol. The third kappa shape index (κ3) is 3.64. The number of nitrogens with zero attached hydrogens (tertiary/aromatic N) is 2. The Labute approximate surface area is 160 Å². The molecule has 27 heavy (non-hydrogen) atoms. The molecule has 0 bridgehead atoms. The van der Waals surface area contributed by atoms with Gasteiger partial charge in [0.05, 0.1) is 11.8 Å². The fraction of sp³-hybridized carbons (Fsp3) is 0.0526. The van der Waals surface area contributed by atoms with Gasteiger partial charge in [0.1, 0.15) is 12.5 Å². The van der Waals surface area contributed by atoms with E-state index in [9.17, 15) is 4.79 Å². The molecular formula is C19H16ClN5O2. The van der Waals surface area contributed by atoms with E-state index >= 15 is 0 Å².